The SMILES string of the molecule is CN(Cc1nc(Cc2ccccc2)no1)C[C@@]1(c2ccccc2)CC1(C)C. The van der Waals surface area contributed by atoms with Gasteiger partial charge in [0.15, 0.2) is 5.82 Å². The maximum absolute atomic E-state index is 5.50. The highest BCUT2D eigenvalue weighted by molar-refractivity contribution is 5.37. The zero-order valence-electron chi connectivity index (χ0n) is 16.4. The Morgan fingerprint density at radius 1 is 1.00 bits per heavy atom. The number of hydrogen-bond acceptors (Lipinski definition) is 4. The number of rotatable bonds is 7. The molecule has 0 unspecified atom stereocenters. The Morgan fingerprint density at radius 2 is 1.63 bits per heavy atom. The second kappa shape index (κ2) is 6.93. The van der Waals surface area contributed by atoms with Gasteiger partial charge in [-0.15, -0.1) is 0 Å². The Labute approximate surface area is 161 Å². The first kappa shape index (κ1) is 17.9. The molecule has 1 heterocycles. The molecule has 0 N–H and O–H groups in total. The van der Waals surface area contributed by atoms with E-state index in [0.29, 0.717) is 24.3 Å². The van der Waals surface area contributed by atoms with Crippen LogP contribution >= 0.6 is 0 Å². The summed E-state index contributed by atoms with van der Waals surface area (Å²) in [4.78, 5) is 6.89. The lowest BCUT2D eigenvalue weighted by molar-refractivity contribution is 0.234. The molecular weight excluding hydrogens is 334 g/mol. The summed E-state index contributed by atoms with van der Waals surface area (Å²) in [7, 11) is 2.14. The molecule has 0 spiro atoms. The van der Waals surface area contributed by atoms with E-state index in [-0.39, 0.29) is 5.41 Å². The molecule has 1 fully saturated rings. The Morgan fingerprint density at radius 3 is 2.26 bits per heavy atom. The predicted molar refractivity (Wildman–Crippen MR) is 106 cm³/mol. The molecule has 2 aromatic carbocycles. The van der Waals surface area contributed by atoms with Crippen molar-refractivity contribution in [3.05, 3.63) is 83.5 Å². The molecule has 1 saturated carbocycles. The lowest BCUT2D eigenvalue weighted by atomic mass is 9.87. The van der Waals surface area contributed by atoms with Crippen LogP contribution < -0.4 is 0 Å². The molecule has 4 nitrogen and oxygen atoms in total. The van der Waals surface area contributed by atoms with Crippen LogP contribution in [0.1, 0.15) is 43.1 Å². The minimum Gasteiger partial charge on any atom is -0.338 e. The Hall–Kier alpha value is -2.46. The predicted octanol–water partition coefficient (Wildman–Crippen LogP) is 4.46. The van der Waals surface area contributed by atoms with E-state index < -0.39 is 0 Å². The van der Waals surface area contributed by atoms with Gasteiger partial charge in [0.25, 0.3) is 0 Å². The smallest absolute Gasteiger partial charge is 0.240 e. The monoisotopic (exact) mass is 361 g/mol. The molecule has 4 rings (SSSR count). The molecule has 1 aliphatic carbocycles. The summed E-state index contributed by atoms with van der Waals surface area (Å²) >= 11 is 0. The van der Waals surface area contributed by atoms with Crippen LogP contribution in [0.25, 0.3) is 0 Å². The van der Waals surface area contributed by atoms with Crippen LogP contribution in [0.3, 0.4) is 0 Å². The normalized spacial score (nSPS) is 20.7. The molecule has 140 valence electrons. The van der Waals surface area contributed by atoms with Crippen molar-refractivity contribution in [3.63, 3.8) is 0 Å². The minimum atomic E-state index is 0.204. The molecule has 1 aliphatic rings. The molecule has 0 radical (unpaired) electrons. The van der Waals surface area contributed by atoms with Gasteiger partial charge < -0.3 is 4.52 Å². The summed E-state index contributed by atoms with van der Waals surface area (Å²) in [6.07, 6.45) is 1.91. The largest absolute Gasteiger partial charge is 0.338 e. The van der Waals surface area contributed by atoms with Crippen molar-refractivity contribution < 1.29 is 4.52 Å². The fourth-order valence-electron chi connectivity index (χ4n) is 4.27. The topological polar surface area (TPSA) is 42.2 Å². The zero-order valence-corrected chi connectivity index (χ0v) is 16.4. The molecule has 1 aromatic heterocycles. The van der Waals surface area contributed by atoms with Crippen LogP contribution in [0.2, 0.25) is 0 Å². The standard InChI is InChI=1S/C23H27N3O/c1-22(2)16-23(22,19-12-8-5-9-13-19)17-26(3)15-21-24-20(25-27-21)14-18-10-6-4-7-11-18/h4-13H,14-17H2,1-3H3/t23-/m1/s1. The first-order chi connectivity index (χ1) is 13.0. The summed E-state index contributed by atoms with van der Waals surface area (Å²) in [6, 6.07) is 21.1. The lowest BCUT2D eigenvalue weighted by Gasteiger charge is -2.26. The van der Waals surface area contributed by atoms with Crippen molar-refractivity contribution >= 4 is 0 Å². The Kier molecular flexibility index (Phi) is 4.60. The lowest BCUT2D eigenvalue weighted by Crippen LogP contribution is -2.32. The maximum atomic E-state index is 5.50. The van der Waals surface area contributed by atoms with Crippen molar-refractivity contribution in [2.45, 2.75) is 38.6 Å². The summed E-state index contributed by atoms with van der Waals surface area (Å²) < 4.78 is 5.50. The summed E-state index contributed by atoms with van der Waals surface area (Å²) in [5.41, 5.74) is 3.14. The van der Waals surface area contributed by atoms with Gasteiger partial charge in [0, 0.05) is 18.4 Å². The van der Waals surface area contributed by atoms with Gasteiger partial charge in [-0.25, -0.2) is 0 Å². The third-order valence-corrected chi connectivity index (χ3v) is 5.90. The number of hydrogen-bond donors (Lipinski definition) is 0. The van der Waals surface area contributed by atoms with Crippen molar-refractivity contribution in [3.8, 4) is 0 Å². The van der Waals surface area contributed by atoms with Crippen LogP contribution in [0.15, 0.2) is 65.2 Å². The van der Waals surface area contributed by atoms with Crippen LogP contribution in [0.4, 0.5) is 0 Å². The third kappa shape index (κ3) is 3.67. The number of nitrogens with zero attached hydrogens (tertiary/aromatic N) is 3. The minimum absolute atomic E-state index is 0.204. The van der Waals surface area contributed by atoms with E-state index in [1.54, 1.807) is 0 Å². The number of likely N-dealkylation sites (N-methyl/N-ethyl adjacent to an activating group) is 1. The quantitative estimate of drug-likeness (QED) is 0.623. The van der Waals surface area contributed by atoms with Crippen LogP contribution in [0, 0.1) is 5.41 Å². The molecule has 27 heavy (non-hydrogen) atoms. The fourth-order valence-corrected chi connectivity index (χ4v) is 4.27. The number of aromatic nitrogens is 2. The summed E-state index contributed by atoms with van der Waals surface area (Å²) in [6.45, 7) is 6.38. The van der Waals surface area contributed by atoms with Crippen LogP contribution in [-0.2, 0) is 18.4 Å². The van der Waals surface area contributed by atoms with E-state index in [1.807, 2.05) is 18.2 Å². The second-order valence-electron chi connectivity index (χ2n) is 8.45. The molecule has 0 saturated heterocycles. The number of benzene rings is 2. The van der Waals surface area contributed by atoms with Crippen molar-refractivity contribution in [1.29, 1.82) is 0 Å². The van der Waals surface area contributed by atoms with Gasteiger partial charge in [0.05, 0.1) is 6.54 Å². The average molecular weight is 361 g/mol. The van der Waals surface area contributed by atoms with Crippen molar-refractivity contribution in [1.82, 2.24) is 15.0 Å². The highest BCUT2D eigenvalue weighted by atomic mass is 16.5. The van der Waals surface area contributed by atoms with E-state index in [4.69, 9.17) is 4.52 Å². The molecular formula is C23H27N3O. The van der Waals surface area contributed by atoms with Gasteiger partial charge >= 0.3 is 0 Å². The average Bonchev–Trinajstić information content (AvgIpc) is 2.98. The van der Waals surface area contributed by atoms with Crippen molar-refractivity contribution in [2.75, 3.05) is 13.6 Å². The van der Waals surface area contributed by atoms with Gasteiger partial charge in [-0.3, -0.25) is 4.90 Å². The van der Waals surface area contributed by atoms with Gasteiger partial charge in [-0.2, -0.15) is 4.98 Å². The molecule has 4 heteroatoms. The van der Waals surface area contributed by atoms with E-state index in [9.17, 15) is 0 Å². The highest BCUT2D eigenvalue weighted by Gasteiger charge is 2.61. The molecule has 3 aromatic rings. The fraction of sp³-hybridized carbons (Fsp3) is 0.391. The van der Waals surface area contributed by atoms with Gasteiger partial charge in [0.1, 0.15) is 0 Å². The second-order valence-corrected chi connectivity index (χ2v) is 8.45. The first-order valence-corrected chi connectivity index (χ1v) is 9.58. The van der Waals surface area contributed by atoms with Crippen LogP contribution in [0.5, 0.6) is 0 Å². The van der Waals surface area contributed by atoms with E-state index in [0.717, 1.165) is 12.4 Å². The molecule has 0 amide bonds. The van der Waals surface area contributed by atoms with E-state index in [2.05, 4.69) is 78.4 Å². The zero-order chi connectivity index (χ0) is 18.9. The van der Waals surface area contributed by atoms with Crippen molar-refractivity contribution in [2.24, 2.45) is 5.41 Å². The highest BCUT2D eigenvalue weighted by Crippen LogP contribution is 2.64. The van der Waals surface area contributed by atoms with E-state index >= 15 is 0 Å². The summed E-state index contributed by atoms with van der Waals surface area (Å²) in [5.74, 6) is 1.43. The Bertz CT molecular complexity index is 888. The van der Waals surface area contributed by atoms with Gasteiger partial charge in [-0.1, -0.05) is 79.7 Å². The van der Waals surface area contributed by atoms with Gasteiger partial charge in [0.2, 0.25) is 5.89 Å². The summed E-state index contributed by atoms with van der Waals surface area (Å²) in [5, 5.41) is 4.15. The first-order valence-electron chi connectivity index (χ1n) is 9.58. The van der Waals surface area contributed by atoms with Gasteiger partial charge in [-0.05, 0) is 30.0 Å². The third-order valence-electron chi connectivity index (χ3n) is 5.90. The molecule has 0 bridgehead atoms. The maximum Gasteiger partial charge on any atom is 0.240 e. The van der Waals surface area contributed by atoms with Crippen LogP contribution in [-0.4, -0.2) is 28.6 Å². The molecule has 0 aliphatic heterocycles. The molecule has 1 atom stereocenters. The van der Waals surface area contributed by atoms with E-state index in [1.165, 1.54) is 17.5 Å². The Balaban J connectivity index is 1.42.